The number of aromatic nitrogens is 1. The van der Waals surface area contributed by atoms with E-state index in [1.165, 1.54) is 12.1 Å². The molecular formula is C17H11ClFNO. The second-order valence-electron chi connectivity index (χ2n) is 4.72. The van der Waals surface area contributed by atoms with Crippen LogP contribution in [0.4, 0.5) is 4.39 Å². The number of ketones is 1. The maximum Gasteiger partial charge on any atom is 0.169 e. The van der Waals surface area contributed by atoms with Gasteiger partial charge in [-0.15, -0.1) is 0 Å². The molecular weight excluding hydrogens is 289 g/mol. The first-order chi connectivity index (χ1) is 10.1. The van der Waals surface area contributed by atoms with E-state index in [1.807, 2.05) is 18.2 Å². The lowest BCUT2D eigenvalue weighted by Crippen LogP contribution is -2.06. The molecule has 4 heteroatoms. The number of para-hydroxylation sites is 1. The molecule has 0 atom stereocenters. The zero-order chi connectivity index (χ0) is 14.8. The molecule has 0 fully saturated rings. The zero-order valence-electron chi connectivity index (χ0n) is 11.0. The lowest BCUT2D eigenvalue weighted by atomic mass is 10.00. The third-order valence-corrected chi connectivity index (χ3v) is 3.53. The van der Waals surface area contributed by atoms with E-state index in [4.69, 9.17) is 11.6 Å². The summed E-state index contributed by atoms with van der Waals surface area (Å²) < 4.78 is 13.8. The van der Waals surface area contributed by atoms with E-state index in [1.54, 1.807) is 24.4 Å². The van der Waals surface area contributed by atoms with Crippen molar-refractivity contribution < 1.29 is 9.18 Å². The van der Waals surface area contributed by atoms with Crippen molar-refractivity contribution in [3.63, 3.8) is 0 Å². The van der Waals surface area contributed by atoms with Crippen molar-refractivity contribution in [3.05, 3.63) is 76.7 Å². The van der Waals surface area contributed by atoms with Crippen molar-refractivity contribution in [3.8, 4) is 0 Å². The van der Waals surface area contributed by atoms with E-state index in [2.05, 4.69) is 4.98 Å². The van der Waals surface area contributed by atoms with Gasteiger partial charge in [-0.3, -0.25) is 9.78 Å². The summed E-state index contributed by atoms with van der Waals surface area (Å²) in [4.78, 5) is 16.7. The summed E-state index contributed by atoms with van der Waals surface area (Å²) in [5, 5.41) is 1.20. The van der Waals surface area contributed by atoms with Crippen LogP contribution in [0.25, 0.3) is 10.9 Å². The van der Waals surface area contributed by atoms with Gasteiger partial charge in [0, 0.05) is 28.6 Å². The van der Waals surface area contributed by atoms with Crippen molar-refractivity contribution in [2.45, 2.75) is 6.42 Å². The number of Topliss-reactive ketones (excluding diaryl/α,β-unsaturated/α-hetero) is 1. The van der Waals surface area contributed by atoms with Crippen molar-refractivity contribution in [2.24, 2.45) is 0 Å². The largest absolute Gasteiger partial charge is 0.294 e. The Morgan fingerprint density at radius 3 is 2.76 bits per heavy atom. The highest BCUT2D eigenvalue weighted by atomic mass is 35.5. The summed E-state index contributed by atoms with van der Waals surface area (Å²) in [5.41, 5.74) is 1.47. The average Bonchev–Trinajstić information content (AvgIpc) is 2.49. The smallest absolute Gasteiger partial charge is 0.169 e. The molecule has 1 heterocycles. The second kappa shape index (κ2) is 5.62. The monoisotopic (exact) mass is 299 g/mol. The van der Waals surface area contributed by atoms with Gasteiger partial charge >= 0.3 is 0 Å². The molecule has 21 heavy (non-hydrogen) atoms. The number of hydrogen-bond donors (Lipinski definition) is 0. The second-order valence-corrected chi connectivity index (χ2v) is 5.15. The minimum atomic E-state index is -0.468. The fourth-order valence-corrected chi connectivity index (χ4v) is 2.42. The van der Waals surface area contributed by atoms with Crippen LogP contribution in [0.3, 0.4) is 0 Å². The first kappa shape index (κ1) is 13.7. The zero-order valence-corrected chi connectivity index (χ0v) is 11.8. The average molecular weight is 300 g/mol. The fourth-order valence-electron chi connectivity index (χ4n) is 2.26. The van der Waals surface area contributed by atoms with Gasteiger partial charge in [0.05, 0.1) is 5.52 Å². The Morgan fingerprint density at radius 2 is 1.95 bits per heavy atom. The number of nitrogens with zero attached hydrogens (tertiary/aromatic N) is 1. The summed E-state index contributed by atoms with van der Waals surface area (Å²) in [5.74, 6) is -0.635. The van der Waals surface area contributed by atoms with Crippen molar-refractivity contribution in [1.29, 1.82) is 0 Å². The Labute approximate surface area is 126 Å². The molecule has 2 nitrogen and oxygen atoms in total. The summed E-state index contributed by atoms with van der Waals surface area (Å²) >= 11 is 5.71. The van der Waals surface area contributed by atoms with Crippen LogP contribution in [-0.4, -0.2) is 10.8 Å². The van der Waals surface area contributed by atoms with Crippen molar-refractivity contribution in [2.75, 3.05) is 0 Å². The number of fused-ring (bicyclic) bond motifs is 1. The molecule has 0 aliphatic heterocycles. The van der Waals surface area contributed by atoms with Gasteiger partial charge in [0.15, 0.2) is 5.78 Å². The van der Waals surface area contributed by atoms with Gasteiger partial charge in [0.1, 0.15) is 5.82 Å². The minimum Gasteiger partial charge on any atom is -0.294 e. The van der Waals surface area contributed by atoms with Gasteiger partial charge in [-0.25, -0.2) is 4.39 Å². The van der Waals surface area contributed by atoms with Gasteiger partial charge in [-0.2, -0.15) is 0 Å². The van der Waals surface area contributed by atoms with Crippen molar-refractivity contribution in [1.82, 2.24) is 4.98 Å². The summed E-state index contributed by atoms with van der Waals surface area (Å²) in [7, 11) is 0. The summed E-state index contributed by atoms with van der Waals surface area (Å²) in [6, 6.07) is 13.4. The van der Waals surface area contributed by atoms with E-state index in [0.717, 1.165) is 5.39 Å². The molecule has 0 amide bonds. The van der Waals surface area contributed by atoms with Gasteiger partial charge in [0.25, 0.3) is 0 Å². The standard InChI is InChI=1S/C17H11ClFNO/c18-13-7-6-12(15(19)10-13)9-16(21)14-5-1-3-11-4-2-8-20-17(11)14/h1-8,10H,9H2. The predicted molar refractivity (Wildman–Crippen MR) is 81.2 cm³/mol. The van der Waals surface area contributed by atoms with Crippen LogP contribution in [0, 0.1) is 5.82 Å². The molecule has 3 rings (SSSR count). The topological polar surface area (TPSA) is 30.0 Å². The molecule has 0 saturated heterocycles. The number of rotatable bonds is 3. The molecule has 0 radical (unpaired) electrons. The van der Waals surface area contributed by atoms with Crippen LogP contribution < -0.4 is 0 Å². The van der Waals surface area contributed by atoms with Gasteiger partial charge in [-0.05, 0) is 29.8 Å². The summed E-state index contributed by atoms with van der Waals surface area (Å²) in [6.07, 6.45) is 1.63. The van der Waals surface area contributed by atoms with Gasteiger partial charge in [-0.1, -0.05) is 35.9 Å². The number of benzene rings is 2. The third-order valence-electron chi connectivity index (χ3n) is 3.30. The van der Waals surface area contributed by atoms with E-state index in [9.17, 15) is 9.18 Å². The molecule has 0 spiro atoms. The Balaban J connectivity index is 1.97. The Morgan fingerprint density at radius 1 is 1.14 bits per heavy atom. The van der Waals surface area contributed by atoms with E-state index >= 15 is 0 Å². The number of carbonyl (C=O) groups excluding carboxylic acids is 1. The number of hydrogen-bond acceptors (Lipinski definition) is 2. The third kappa shape index (κ3) is 2.78. The van der Waals surface area contributed by atoms with Crippen molar-refractivity contribution >= 4 is 28.3 Å². The SMILES string of the molecule is O=C(Cc1ccc(Cl)cc1F)c1cccc2cccnc12. The molecule has 0 unspecified atom stereocenters. The number of carbonyl (C=O) groups is 1. The highest BCUT2D eigenvalue weighted by Gasteiger charge is 2.14. The summed E-state index contributed by atoms with van der Waals surface area (Å²) in [6.45, 7) is 0. The molecule has 0 saturated carbocycles. The molecule has 2 aromatic carbocycles. The first-order valence-corrected chi connectivity index (χ1v) is 6.84. The lowest BCUT2D eigenvalue weighted by molar-refractivity contribution is 0.0993. The Kier molecular flexibility index (Phi) is 3.67. The van der Waals surface area contributed by atoms with Crippen LogP contribution in [0.1, 0.15) is 15.9 Å². The highest BCUT2D eigenvalue weighted by molar-refractivity contribution is 6.30. The van der Waals surface area contributed by atoms with Crippen LogP contribution >= 0.6 is 11.6 Å². The minimum absolute atomic E-state index is 0.0152. The van der Waals surface area contributed by atoms with Crippen LogP contribution in [-0.2, 0) is 6.42 Å². The Hall–Kier alpha value is -2.26. The van der Waals surface area contributed by atoms with E-state index in [0.29, 0.717) is 21.7 Å². The van der Waals surface area contributed by atoms with Gasteiger partial charge < -0.3 is 0 Å². The molecule has 3 aromatic rings. The maximum absolute atomic E-state index is 13.8. The highest BCUT2D eigenvalue weighted by Crippen LogP contribution is 2.20. The normalized spacial score (nSPS) is 10.8. The van der Waals surface area contributed by atoms with E-state index < -0.39 is 5.82 Å². The first-order valence-electron chi connectivity index (χ1n) is 6.46. The molecule has 0 N–H and O–H groups in total. The van der Waals surface area contributed by atoms with Gasteiger partial charge in [0.2, 0.25) is 0 Å². The molecule has 0 bridgehead atoms. The molecule has 0 aliphatic carbocycles. The predicted octanol–water partition coefficient (Wildman–Crippen LogP) is 4.45. The molecule has 0 aliphatic rings. The number of halogens is 2. The maximum atomic E-state index is 13.8. The Bertz CT molecular complexity index is 827. The van der Waals surface area contributed by atoms with E-state index in [-0.39, 0.29) is 12.2 Å². The fraction of sp³-hybridized carbons (Fsp3) is 0.0588. The molecule has 1 aromatic heterocycles. The molecule has 104 valence electrons. The van der Waals surface area contributed by atoms with Crippen LogP contribution in [0.5, 0.6) is 0 Å². The number of pyridine rings is 1. The van der Waals surface area contributed by atoms with Crippen LogP contribution in [0.15, 0.2) is 54.7 Å². The van der Waals surface area contributed by atoms with Crippen LogP contribution in [0.2, 0.25) is 5.02 Å². The quantitative estimate of drug-likeness (QED) is 0.669. The lowest BCUT2D eigenvalue weighted by Gasteiger charge is -2.06.